The van der Waals surface area contributed by atoms with Gasteiger partial charge in [0.2, 0.25) is 5.91 Å². The first-order chi connectivity index (χ1) is 12.5. The van der Waals surface area contributed by atoms with Crippen LogP contribution in [-0.4, -0.2) is 22.8 Å². The van der Waals surface area contributed by atoms with Crippen LogP contribution in [0.2, 0.25) is 10.0 Å². The fourth-order valence-electron chi connectivity index (χ4n) is 2.49. The van der Waals surface area contributed by atoms with Crippen LogP contribution in [0.4, 0.5) is 5.82 Å². The number of aromatic nitrogens is 2. The van der Waals surface area contributed by atoms with Crippen LogP contribution in [0.25, 0.3) is 0 Å². The Morgan fingerprint density at radius 2 is 1.92 bits per heavy atom. The molecule has 0 aliphatic rings. The van der Waals surface area contributed by atoms with E-state index in [4.69, 9.17) is 27.9 Å². The normalized spacial score (nSPS) is 10.6. The molecule has 0 aliphatic carbocycles. The molecule has 1 N–H and O–H groups in total. The minimum atomic E-state index is -0.126. The minimum absolute atomic E-state index is 0.126. The largest absolute Gasteiger partial charge is 0.497 e. The van der Waals surface area contributed by atoms with Crippen molar-refractivity contribution in [2.24, 2.45) is 0 Å². The van der Waals surface area contributed by atoms with Crippen LogP contribution in [0.5, 0.6) is 5.75 Å². The molecule has 1 amide bonds. The van der Waals surface area contributed by atoms with Gasteiger partial charge in [-0.05, 0) is 35.4 Å². The van der Waals surface area contributed by atoms with Gasteiger partial charge in [-0.2, -0.15) is 5.10 Å². The molecule has 2 aromatic carbocycles. The van der Waals surface area contributed by atoms with E-state index in [0.717, 1.165) is 16.9 Å². The summed E-state index contributed by atoms with van der Waals surface area (Å²) < 4.78 is 6.80. The second-order valence-corrected chi connectivity index (χ2v) is 6.53. The molecule has 7 heteroatoms. The van der Waals surface area contributed by atoms with Crippen molar-refractivity contribution < 1.29 is 9.53 Å². The van der Waals surface area contributed by atoms with Crippen LogP contribution in [0.15, 0.2) is 54.7 Å². The molecule has 0 atom stereocenters. The molecular formula is C19H17Cl2N3O2. The molecule has 0 fully saturated rings. The highest BCUT2D eigenvalue weighted by atomic mass is 35.5. The first kappa shape index (κ1) is 18.3. The third-order valence-electron chi connectivity index (χ3n) is 3.84. The summed E-state index contributed by atoms with van der Waals surface area (Å²) in [6.07, 6.45) is 1.89. The molecule has 26 heavy (non-hydrogen) atoms. The predicted molar refractivity (Wildman–Crippen MR) is 103 cm³/mol. The van der Waals surface area contributed by atoms with Crippen LogP contribution < -0.4 is 10.1 Å². The van der Waals surface area contributed by atoms with E-state index in [0.29, 0.717) is 22.4 Å². The van der Waals surface area contributed by atoms with Gasteiger partial charge in [-0.3, -0.25) is 4.79 Å². The van der Waals surface area contributed by atoms with Crippen LogP contribution in [-0.2, 0) is 17.8 Å². The molecule has 0 aliphatic heterocycles. The number of halogens is 2. The van der Waals surface area contributed by atoms with E-state index in [1.54, 1.807) is 36.2 Å². The molecule has 0 saturated carbocycles. The Morgan fingerprint density at radius 3 is 2.62 bits per heavy atom. The smallest absolute Gasteiger partial charge is 0.229 e. The Kier molecular flexibility index (Phi) is 5.81. The highest BCUT2D eigenvalue weighted by Gasteiger charge is 2.10. The third kappa shape index (κ3) is 4.56. The molecule has 1 aromatic heterocycles. The molecule has 0 bridgehead atoms. The summed E-state index contributed by atoms with van der Waals surface area (Å²) in [5, 5.41) is 8.27. The van der Waals surface area contributed by atoms with Crippen molar-refractivity contribution in [3.05, 3.63) is 75.9 Å². The maximum atomic E-state index is 12.3. The lowest BCUT2D eigenvalue weighted by Crippen LogP contribution is -2.18. The van der Waals surface area contributed by atoms with Gasteiger partial charge in [0.1, 0.15) is 11.6 Å². The van der Waals surface area contributed by atoms with Crippen molar-refractivity contribution in [3.63, 3.8) is 0 Å². The van der Waals surface area contributed by atoms with Crippen molar-refractivity contribution in [1.29, 1.82) is 0 Å². The monoisotopic (exact) mass is 389 g/mol. The van der Waals surface area contributed by atoms with Gasteiger partial charge in [-0.25, -0.2) is 4.68 Å². The molecule has 134 valence electrons. The number of rotatable bonds is 6. The number of amides is 1. The molecule has 0 saturated heterocycles. The van der Waals surface area contributed by atoms with Crippen LogP contribution in [0.3, 0.4) is 0 Å². The van der Waals surface area contributed by atoms with Crippen molar-refractivity contribution in [1.82, 2.24) is 9.78 Å². The number of hydrogen-bond acceptors (Lipinski definition) is 3. The number of ether oxygens (including phenoxy) is 1. The summed E-state index contributed by atoms with van der Waals surface area (Å²) in [5.74, 6) is 1.24. The number of benzene rings is 2. The van der Waals surface area contributed by atoms with Gasteiger partial charge < -0.3 is 10.1 Å². The summed E-state index contributed by atoms with van der Waals surface area (Å²) in [4.78, 5) is 12.3. The van der Waals surface area contributed by atoms with Gasteiger partial charge in [0.15, 0.2) is 0 Å². The predicted octanol–water partition coefficient (Wildman–Crippen LogP) is 4.43. The first-order valence-electron chi connectivity index (χ1n) is 7.93. The van der Waals surface area contributed by atoms with E-state index in [2.05, 4.69) is 10.4 Å². The average molecular weight is 390 g/mol. The van der Waals surface area contributed by atoms with Gasteiger partial charge in [0, 0.05) is 16.1 Å². The lowest BCUT2D eigenvalue weighted by Gasteiger charge is -2.11. The first-order valence-corrected chi connectivity index (χ1v) is 8.69. The Morgan fingerprint density at radius 1 is 1.15 bits per heavy atom. The average Bonchev–Trinajstić information content (AvgIpc) is 3.04. The molecule has 0 unspecified atom stereocenters. The topological polar surface area (TPSA) is 56.1 Å². The Balaban J connectivity index is 1.66. The summed E-state index contributed by atoms with van der Waals surface area (Å²) in [6, 6.07) is 14.4. The number of carbonyl (C=O) groups excluding carboxylic acids is 1. The quantitative estimate of drug-likeness (QED) is 0.678. The molecule has 3 aromatic rings. The van der Waals surface area contributed by atoms with Crippen LogP contribution >= 0.6 is 23.2 Å². The van der Waals surface area contributed by atoms with E-state index in [1.165, 1.54) is 0 Å². The highest BCUT2D eigenvalue weighted by Crippen LogP contribution is 2.22. The lowest BCUT2D eigenvalue weighted by atomic mass is 10.1. The molecule has 5 nitrogen and oxygen atoms in total. The van der Waals surface area contributed by atoms with Gasteiger partial charge in [-0.15, -0.1) is 0 Å². The number of carbonyl (C=O) groups is 1. The van der Waals surface area contributed by atoms with Crippen molar-refractivity contribution in [2.75, 3.05) is 12.4 Å². The standard InChI is InChI=1S/C19H17Cl2N3O2/c1-26-16-6-2-13(3-7-16)10-19(25)23-18-8-9-22-24(18)12-14-4-5-15(20)11-17(14)21/h2-9,11H,10,12H2,1H3,(H,23,25). The number of methoxy groups -OCH3 is 1. The fraction of sp³-hybridized carbons (Fsp3) is 0.158. The molecule has 3 rings (SSSR count). The number of nitrogens with zero attached hydrogens (tertiary/aromatic N) is 2. The fourth-order valence-corrected chi connectivity index (χ4v) is 2.96. The molecule has 0 spiro atoms. The van der Waals surface area contributed by atoms with E-state index in [-0.39, 0.29) is 12.3 Å². The lowest BCUT2D eigenvalue weighted by molar-refractivity contribution is -0.115. The number of nitrogens with one attached hydrogen (secondary N) is 1. The maximum Gasteiger partial charge on any atom is 0.229 e. The summed E-state index contributed by atoms with van der Waals surface area (Å²) in [5.41, 5.74) is 1.76. The van der Waals surface area contributed by atoms with Crippen LogP contribution in [0.1, 0.15) is 11.1 Å². The van der Waals surface area contributed by atoms with Gasteiger partial charge in [0.05, 0.1) is 26.3 Å². The maximum absolute atomic E-state index is 12.3. The number of anilines is 1. The summed E-state index contributed by atoms with van der Waals surface area (Å²) in [7, 11) is 1.61. The van der Waals surface area contributed by atoms with E-state index in [1.807, 2.05) is 30.3 Å². The van der Waals surface area contributed by atoms with E-state index >= 15 is 0 Å². The second-order valence-electron chi connectivity index (χ2n) is 5.68. The van der Waals surface area contributed by atoms with E-state index in [9.17, 15) is 4.79 Å². The van der Waals surface area contributed by atoms with Gasteiger partial charge >= 0.3 is 0 Å². The highest BCUT2D eigenvalue weighted by molar-refractivity contribution is 6.35. The van der Waals surface area contributed by atoms with Crippen molar-refractivity contribution in [2.45, 2.75) is 13.0 Å². The molecule has 1 heterocycles. The Labute approximate surface area is 161 Å². The summed E-state index contributed by atoms with van der Waals surface area (Å²) in [6.45, 7) is 0.432. The third-order valence-corrected chi connectivity index (χ3v) is 4.43. The number of hydrogen-bond donors (Lipinski definition) is 1. The Hall–Kier alpha value is -2.50. The summed E-state index contributed by atoms with van der Waals surface area (Å²) >= 11 is 12.1. The zero-order chi connectivity index (χ0) is 18.5. The molecular weight excluding hydrogens is 373 g/mol. The van der Waals surface area contributed by atoms with Crippen LogP contribution in [0, 0.1) is 0 Å². The Bertz CT molecular complexity index is 907. The van der Waals surface area contributed by atoms with Crippen molar-refractivity contribution >= 4 is 34.9 Å². The zero-order valence-electron chi connectivity index (χ0n) is 14.1. The van der Waals surface area contributed by atoms with E-state index < -0.39 is 0 Å². The van der Waals surface area contributed by atoms with Gasteiger partial charge in [-0.1, -0.05) is 41.4 Å². The minimum Gasteiger partial charge on any atom is -0.497 e. The second kappa shape index (κ2) is 8.25. The zero-order valence-corrected chi connectivity index (χ0v) is 15.6. The van der Waals surface area contributed by atoms with Gasteiger partial charge in [0.25, 0.3) is 0 Å². The van der Waals surface area contributed by atoms with Crippen molar-refractivity contribution in [3.8, 4) is 5.75 Å². The SMILES string of the molecule is COc1ccc(CC(=O)Nc2ccnn2Cc2ccc(Cl)cc2Cl)cc1. The molecule has 0 radical (unpaired) electrons.